The fourth-order valence-corrected chi connectivity index (χ4v) is 3.23. The molecule has 0 fully saturated rings. The van der Waals surface area contributed by atoms with E-state index in [2.05, 4.69) is 4.98 Å². The van der Waals surface area contributed by atoms with Gasteiger partial charge in [-0.05, 0) is 38.1 Å². The summed E-state index contributed by atoms with van der Waals surface area (Å²) in [5.41, 5.74) is 3.75. The molecule has 5 heteroatoms. The van der Waals surface area contributed by atoms with Gasteiger partial charge in [-0.15, -0.1) is 0 Å². The molecule has 0 unspecified atom stereocenters. The van der Waals surface area contributed by atoms with Gasteiger partial charge in [-0.3, -0.25) is 9.47 Å². The number of amides is 1. The molecule has 4 rings (SSSR count). The number of aryl methyl sites for hydroxylation is 1. The summed E-state index contributed by atoms with van der Waals surface area (Å²) >= 11 is 0. The van der Waals surface area contributed by atoms with Crippen LogP contribution in [0.2, 0.25) is 0 Å². The average Bonchev–Trinajstić information content (AvgIpc) is 2.99. The third kappa shape index (κ3) is 2.96. The second-order valence-corrected chi connectivity index (χ2v) is 6.52. The van der Waals surface area contributed by atoms with Crippen LogP contribution in [0.5, 0.6) is 5.75 Å². The van der Waals surface area contributed by atoms with E-state index in [0.29, 0.717) is 13.2 Å². The molecule has 1 aromatic heterocycles. The van der Waals surface area contributed by atoms with Crippen LogP contribution in [-0.2, 0) is 13.0 Å². The third-order valence-electron chi connectivity index (χ3n) is 4.72. The lowest BCUT2D eigenvalue weighted by Gasteiger charge is -2.28. The number of anilines is 1. The van der Waals surface area contributed by atoms with Crippen LogP contribution in [-0.4, -0.2) is 22.1 Å². The summed E-state index contributed by atoms with van der Waals surface area (Å²) in [6, 6.07) is 17.6. The van der Waals surface area contributed by atoms with Gasteiger partial charge >= 0.3 is 6.03 Å². The van der Waals surface area contributed by atoms with Gasteiger partial charge in [0.25, 0.3) is 0 Å². The predicted molar refractivity (Wildman–Crippen MR) is 101 cm³/mol. The van der Waals surface area contributed by atoms with Crippen molar-refractivity contribution < 1.29 is 9.53 Å². The lowest BCUT2D eigenvalue weighted by molar-refractivity contribution is 0.244. The third-order valence-corrected chi connectivity index (χ3v) is 4.72. The molecule has 0 bridgehead atoms. The first-order valence-corrected chi connectivity index (χ1v) is 8.77. The van der Waals surface area contributed by atoms with Gasteiger partial charge in [-0.1, -0.05) is 35.9 Å². The van der Waals surface area contributed by atoms with Crippen molar-refractivity contribution in [3.63, 3.8) is 0 Å². The topological polar surface area (TPSA) is 47.4 Å². The molecule has 0 spiro atoms. The van der Waals surface area contributed by atoms with Crippen LogP contribution in [0.15, 0.2) is 54.6 Å². The average molecular weight is 347 g/mol. The van der Waals surface area contributed by atoms with E-state index in [-0.39, 0.29) is 6.03 Å². The zero-order valence-electron chi connectivity index (χ0n) is 15.0. The number of imidazole rings is 1. The van der Waals surface area contributed by atoms with E-state index < -0.39 is 0 Å². The van der Waals surface area contributed by atoms with Crippen molar-refractivity contribution in [3.05, 3.63) is 77.4 Å². The molecule has 1 aliphatic rings. The molecule has 0 atom stereocenters. The Morgan fingerprint density at radius 1 is 1.04 bits per heavy atom. The zero-order valence-corrected chi connectivity index (χ0v) is 15.0. The van der Waals surface area contributed by atoms with Gasteiger partial charge in [0, 0.05) is 18.7 Å². The largest absolute Gasteiger partial charge is 0.487 e. The van der Waals surface area contributed by atoms with Gasteiger partial charge in [-0.2, -0.15) is 0 Å². The molecule has 26 heavy (non-hydrogen) atoms. The molecule has 0 saturated carbocycles. The SMILES string of the molecule is Cc1ccc(N2CCc3nc(COc4ccccc4)c(C)n3C2=O)cc1. The van der Waals surface area contributed by atoms with Gasteiger partial charge < -0.3 is 4.74 Å². The summed E-state index contributed by atoms with van der Waals surface area (Å²) in [5, 5.41) is 0. The molecule has 132 valence electrons. The Bertz CT molecular complexity index is 930. The van der Waals surface area contributed by atoms with Gasteiger partial charge in [0.2, 0.25) is 0 Å². The maximum atomic E-state index is 13.0. The monoisotopic (exact) mass is 347 g/mol. The molecule has 3 aromatic rings. The predicted octanol–water partition coefficient (Wildman–Crippen LogP) is 4.11. The fraction of sp³-hybridized carbons (Fsp3) is 0.238. The minimum atomic E-state index is -0.0499. The summed E-state index contributed by atoms with van der Waals surface area (Å²) < 4.78 is 7.53. The highest BCUT2D eigenvalue weighted by atomic mass is 16.5. The van der Waals surface area contributed by atoms with Gasteiger partial charge in [-0.25, -0.2) is 9.78 Å². The minimum absolute atomic E-state index is 0.0499. The van der Waals surface area contributed by atoms with E-state index in [0.717, 1.165) is 35.1 Å². The Balaban J connectivity index is 1.57. The molecule has 0 radical (unpaired) electrons. The Hall–Kier alpha value is -3.08. The summed E-state index contributed by atoms with van der Waals surface area (Å²) in [6.45, 7) is 4.96. The molecule has 0 aliphatic carbocycles. The molecular weight excluding hydrogens is 326 g/mol. The van der Waals surface area contributed by atoms with Crippen LogP contribution >= 0.6 is 0 Å². The highest BCUT2D eigenvalue weighted by Gasteiger charge is 2.29. The number of benzene rings is 2. The van der Waals surface area contributed by atoms with Crippen molar-refractivity contribution in [2.24, 2.45) is 0 Å². The number of aromatic nitrogens is 2. The number of rotatable bonds is 4. The number of hydrogen-bond acceptors (Lipinski definition) is 3. The highest BCUT2D eigenvalue weighted by molar-refractivity contribution is 5.95. The highest BCUT2D eigenvalue weighted by Crippen LogP contribution is 2.24. The van der Waals surface area contributed by atoms with Crippen molar-refractivity contribution >= 4 is 11.7 Å². The lowest BCUT2D eigenvalue weighted by atomic mass is 10.2. The van der Waals surface area contributed by atoms with E-state index in [1.807, 2.05) is 73.3 Å². The number of carbonyl (C=O) groups is 1. The Morgan fingerprint density at radius 2 is 1.77 bits per heavy atom. The van der Waals surface area contributed by atoms with E-state index in [1.54, 1.807) is 4.57 Å². The summed E-state index contributed by atoms with van der Waals surface area (Å²) in [7, 11) is 0. The number of para-hydroxylation sites is 1. The molecular formula is C21H21N3O2. The quantitative estimate of drug-likeness (QED) is 0.713. The molecule has 0 saturated heterocycles. The van der Waals surface area contributed by atoms with Crippen LogP contribution in [0.4, 0.5) is 10.5 Å². The first kappa shape index (κ1) is 16.4. The minimum Gasteiger partial charge on any atom is -0.487 e. The standard InChI is InChI=1S/C21H21N3O2/c1-15-8-10-17(11-9-15)23-13-12-20-22-19(16(2)24(20)21(23)25)14-26-18-6-4-3-5-7-18/h3-11H,12-14H2,1-2H3. The molecule has 0 N–H and O–H groups in total. The molecule has 2 aromatic carbocycles. The van der Waals surface area contributed by atoms with Gasteiger partial charge in [0.1, 0.15) is 18.2 Å². The molecule has 2 heterocycles. The number of fused-ring (bicyclic) bond motifs is 1. The van der Waals surface area contributed by atoms with Crippen LogP contribution in [0.1, 0.15) is 22.8 Å². The van der Waals surface area contributed by atoms with E-state index >= 15 is 0 Å². The van der Waals surface area contributed by atoms with Gasteiger partial charge in [0.05, 0.1) is 11.4 Å². The number of hydrogen-bond donors (Lipinski definition) is 0. The van der Waals surface area contributed by atoms with Crippen molar-refractivity contribution in [1.82, 2.24) is 9.55 Å². The number of nitrogens with zero attached hydrogens (tertiary/aromatic N) is 3. The molecule has 5 nitrogen and oxygen atoms in total. The second kappa shape index (κ2) is 6.67. The van der Waals surface area contributed by atoms with Crippen LogP contribution in [0.25, 0.3) is 0 Å². The van der Waals surface area contributed by atoms with E-state index in [1.165, 1.54) is 5.56 Å². The van der Waals surface area contributed by atoms with Gasteiger partial charge in [0.15, 0.2) is 0 Å². The second-order valence-electron chi connectivity index (χ2n) is 6.52. The molecule has 1 amide bonds. The van der Waals surface area contributed by atoms with Crippen molar-refractivity contribution in [2.75, 3.05) is 11.4 Å². The normalized spacial score (nSPS) is 13.6. The smallest absolute Gasteiger partial charge is 0.334 e. The van der Waals surface area contributed by atoms with Crippen LogP contribution in [0, 0.1) is 13.8 Å². The van der Waals surface area contributed by atoms with Crippen molar-refractivity contribution in [2.45, 2.75) is 26.9 Å². The van der Waals surface area contributed by atoms with Crippen molar-refractivity contribution in [3.8, 4) is 5.75 Å². The maximum absolute atomic E-state index is 13.0. The number of ether oxygens (including phenoxy) is 1. The van der Waals surface area contributed by atoms with Crippen LogP contribution in [0.3, 0.4) is 0 Å². The maximum Gasteiger partial charge on any atom is 0.334 e. The van der Waals surface area contributed by atoms with Crippen LogP contribution < -0.4 is 9.64 Å². The summed E-state index contributed by atoms with van der Waals surface area (Å²) in [4.78, 5) is 19.5. The summed E-state index contributed by atoms with van der Waals surface area (Å²) in [5.74, 6) is 1.60. The summed E-state index contributed by atoms with van der Waals surface area (Å²) in [6.07, 6.45) is 0.728. The van der Waals surface area contributed by atoms with E-state index in [9.17, 15) is 4.79 Å². The zero-order chi connectivity index (χ0) is 18.1. The Labute approximate surface area is 152 Å². The fourth-order valence-electron chi connectivity index (χ4n) is 3.23. The Kier molecular flexibility index (Phi) is 4.21. The first-order chi connectivity index (χ1) is 12.6. The molecule has 1 aliphatic heterocycles. The Morgan fingerprint density at radius 3 is 2.50 bits per heavy atom. The lowest BCUT2D eigenvalue weighted by Crippen LogP contribution is -2.42. The number of carbonyl (C=O) groups excluding carboxylic acids is 1. The first-order valence-electron chi connectivity index (χ1n) is 8.77. The van der Waals surface area contributed by atoms with Crippen molar-refractivity contribution in [1.29, 1.82) is 0 Å². The van der Waals surface area contributed by atoms with E-state index in [4.69, 9.17) is 4.74 Å².